The maximum atomic E-state index is 12.9. The average molecular weight is 407 g/mol. The number of hydrazone groups is 1. The minimum absolute atomic E-state index is 0.0813. The second kappa shape index (κ2) is 7.41. The number of benzene rings is 2. The first-order valence-corrected chi connectivity index (χ1v) is 9.11. The molecule has 0 saturated carbocycles. The van der Waals surface area contributed by atoms with Crippen LogP contribution in [-0.2, 0) is 4.79 Å². The molecule has 1 amide bonds. The van der Waals surface area contributed by atoms with Crippen molar-refractivity contribution in [3.63, 3.8) is 0 Å². The highest BCUT2D eigenvalue weighted by Crippen LogP contribution is 2.29. The van der Waals surface area contributed by atoms with Gasteiger partial charge in [0.15, 0.2) is 0 Å². The first kappa shape index (κ1) is 18.7. The van der Waals surface area contributed by atoms with E-state index in [0.29, 0.717) is 33.5 Å². The van der Waals surface area contributed by atoms with Gasteiger partial charge in [-0.05, 0) is 55.5 Å². The first-order chi connectivity index (χ1) is 13.9. The van der Waals surface area contributed by atoms with Crippen molar-refractivity contribution < 1.29 is 19.1 Å². The van der Waals surface area contributed by atoms with Gasteiger partial charge in [-0.3, -0.25) is 4.79 Å². The number of hydrogen-bond acceptors (Lipinski definition) is 4. The van der Waals surface area contributed by atoms with Gasteiger partial charge in [-0.15, -0.1) is 0 Å². The highest BCUT2D eigenvalue weighted by atomic mass is 35.5. The molecule has 0 aliphatic carbocycles. The Morgan fingerprint density at radius 1 is 1.14 bits per heavy atom. The molecule has 1 aliphatic heterocycles. The number of amides is 1. The van der Waals surface area contributed by atoms with E-state index in [0.717, 1.165) is 5.56 Å². The summed E-state index contributed by atoms with van der Waals surface area (Å²) in [5, 5.41) is 15.2. The SMILES string of the molecule is CC1=NN(c2cccc(C(=O)O)c2)C(=O)C1=Cc1ccc(-c2cccc(Cl)c2)o1. The van der Waals surface area contributed by atoms with E-state index in [2.05, 4.69) is 5.10 Å². The van der Waals surface area contributed by atoms with E-state index < -0.39 is 5.97 Å². The van der Waals surface area contributed by atoms with E-state index in [-0.39, 0.29) is 11.5 Å². The number of rotatable bonds is 4. The summed E-state index contributed by atoms with van der Waals surface area (Å²) in [5.41, 5.74) is 2.18. The number of carboxylic acids is 1. The Labute approximate surface area is 171 Å². The fourth-order valence-corrected chi connectivity index (χ4v) is 3.19. The van der Waals surface area contributed by atoms with Crippen LogP contribution in [0.5, 0.6) is 0 Å². The second-order valence-corrected chi connectivity index (χ2v) is 6.86. The summed E-state index contributed by atoms with van der Waals surface area (Å²) in [5.74, 6) is -0.297. The molecular formula is C22H15ClN2O4. The molecule has 0 saturated heterocycles. The van der Waals surface area contributed by atoms with Gasteiger partial charge >= 0.3 is 5.97 Å². The third kappa shape index (κ3) is 3.70. The fraction of sp³-hybridized carbons (Fsp3) is 0.0455. The summed E-state index contributed by atoms with van der Waals surface area (Å²) >= 11 is 6.03. The number of hydrogen-bond donors (Lipinski definition) is 1. The van der Waals surface area contributed by atoms with E-state index in [1.54, 1.807) is 49.4 Å². The average Bonchev–Trinajstić information content (AvgIpc) is 3.28. The monoisotopic (exact) mass is 406 g/mol. The lowest BCUT2D eigenvalue weighted by molar-refractivity contribution is -0.114. The Kier molecular flexibility index (Phi) is 4.78. The van der Waals surface area contributed by atoms with E-state index in [4.69, 9.17) is 21.1 Å². The molecule has 1 aromatic heterocycles. The summed E-state index contributed by atoms with van der Waals surface area (Å²) in [4.78, 5) is 24.0. The Balaban J connectivity index is 1.63. The van der Waals surface area contributed by atoms with Gasteiger partial charge in [-0.25, -0.2) is 4.79 Å². The van der Waals surface area contributed by atoms with Crippen molar-refractivity contribution in [2.24, 2.45) is 5.10 Å². The standard InChI is InChI=1S/C22H15ClN2O4/c1-13-19(12-18-8-9-20(29-18)14-4-2-6-16(23)10-14)21(26)25(24-13)17-7-3-5-15(11-17)22(27)28/h2-12H,1H3,(H,27,28). The molecule has 3 aromatic rings. The third-order valence-corrected chi connectivity index (χ3v) is 4.66. The predicted octanol–water partition coefficient (Wildman–Crippen LogP) is 5.10. The van der Waals surface area contributed by atoms with Crippen molar-refractivity contribution in [3.8, 4) is 11.3 Å². The minimum Gasteiger partial charge on any atom is -0.478 e. The predicted molar refractivity (Wildman–Crippen MR) is 111 cm³/mol. The Bertz CT molecular complexity index is 1190. The molecule has 0 fully saturated rings. The van der Waals surface area contributed by atoms with Gasteiger partial charge in [0.2, 0.25) is 0 Å². The smallest absolute Gasteiger partial charge is 0.335 e. The van der Waals surface area contributed by atoms with Crippen LogP contribution in [0.2, 0.25) is 5.02 Å². The van der Waals surface area contributed by atoms with Gasteiger partial charge in [0.1, 0.15) is 11.5 Å². The first-order valence-electron chi connectivity index (χ1n) is 8.73. The zero-order valence-electron chi connectivity index (χ0n) is 15.3. The quantitative estimate of drug-likeness (QED) is 0.610. The molecule has 1 N–H and O–H groups in total. The molecule has 1 aliphatic rings. The van der Waals surface area contributed by atoms with Crippen LogP contribution in [0.4, 0.5) is 5.69 Å². The lowest BCUT2D eigenvalue weighted by Crippen LogP contribution is -2.21. The summed E-state index contributed by atoms with van der Waals surface area (Å²) in [6.07, 6.45) is 1.62. The van der Waals surface area contributed by atoms with Crippen LogP contribution in [0, 0.1) is 0 Å². The van der Waals surface area contributed by atoms with E-state index in [9.17, 15) is 9.59 Å². The number of anilines is 1. The minimum atomic E-state index is -1.07. The molecule has 2 aromatic carbocycles. The molecule has 29 heavy (non-hydrogen) atoms. The zero-order chi connectivity index (χ0) is 20.5. The van der Waals surface area contributed by atoms with Gasteiger partial charge in [-0.1, -0.05) is 29.8 Å². The molecule has 144 valence electrons. The molecule has 0 atom stereocenters. The van der Waals surface area contributed by atoms with E-state index in [1.807, 2.05) is 12.1 Å². The highest BCUT2D eigenvalue weighted by Gasteiger charge is 2.29. The number of carbonyl (C=O) groups excluding carboxylic acids is 1. The Morgan fingerprint density at radius 2 is 1.93 bits per heavy atom. The van der Waals surface area contributed by atoms with Crippen LogP contribution in [0.1, 0.15) is 23.0 Å². The van der Waals surface area contributed by atoms with Crippen LogP contribution >= 0.6 is 11.6 Å². The highest BCUT2D eigenvalue weighted by molar-refractivity contribution is 6.32. The molecule has 6 nitrogen and oxygen atoms in total. The molecule has 0 unspecified atom stereocenters. The summed E-state index contributed by atoms with van der Waals surface area (Å²) in [6, 6.07) is 16.9. The van der Waals surface area contributed by atoms with Crippen LogP contribution in [0.25, 0.3) is 17.4 Å². The van der Waals surface area contributed by atoms with Gasteiger partial charge in [0.25, 0.3) is 5.91 Å². The number of carboxylic acid groups (broad SMARTS) is 1. The Hall–Kier alpha value is -3.64. The lowest BCUT2D eigenvalue weighted by atomic mass is 10.1. The third-order valence-electron chi connectivity index (χ3n) is 4.42. The summed E-state index contributed by atoms with van der Waals surface area (Å²) in [6.45, 7) is 1.71. The fourth-order valence-electron chi connectivity index (χ4n) is 3.00. The van der Waals surface area contributed by atoms with E-state index >= 15 is 0 Å². The number of nitrogens with zero attached hydrogens (tertiary/aromatic N) is 2. The Morgan fingerprint density at radius 3 is 2.69 bits per heavy atom. The van der Waals surface area contributed by atoms with Gasteiger partial charge < -0.3 is 9.52 Å². The molecule has 2 heterocycles. The number of aromatic carboxylic acids is 1. The number of furan rings is 1. The summed E-state index contributed by atoms with van der Waals surface area (Å²) < 4.78 is 5.84. The van der Waals surface area contributed by atoms with Gasteiger partial charge in [0, 0.05) is 10.6 Å². The molecule has 0 radical (unpaired) electrons. The second-order valence-electron chi connectivity index (χ2n) is 6.43. The van der Waals surface area contributed by atoms with Gasteiger partial charge in [0.05, 0.1) is 22.5 Å². The van der Waals surface area contributed by atoms with Crippen LogP contribution < -0.4 is 5.01 Å². The molecule has 0 spiro atoms. The number of carbonyl (C=O) groups is 2. The van der Waals surface area contributed by atoms with Crippen LogP contribution in [0.15, 0.2) is 75.8 Å². The van der Waals surface area contributed by atoms with Crippen molar-refractivity contribution in [1.29, 1.82) is 0 Å². The summed E-state index contributed by atoms with van der Waals surface area (Å²) in [7, 11) is 0. The maximum Gasteiger partial charge on any atom is 0.335 e. The van der Waals surface area contributed by atoms with Crippen molar-refractivity contribution in [2.75, 3.05) is 5.01 Å². The van der Waals surface area contributed by atoms with Crippen LogP contribution in [-0.4, -0.2) is 22.7 Å². The van der Waals surface area contributed by atoms with Crippen molar-refractivity contribution in [3.05, 3.63) is 82.6 Å². The van der Waals surface area contributed by atoms with Crippen molar-refractivity contribution in [1.82, 2.24) is 0 Å². The van der Waals surface area contributed by atoms with E-state index in [1.165, 1.54) is 17.1 Å². The zero-order valence-corrected chi connectivity index (χ0v) is 16.1. The lowest BCUT2D eigenvalue weighted by Gasteiger charge is -2.12. The van der Waals surface area contributed by atoms with Crippen molar-refractivity contribution >= 4 is 41.0 Å². The molecule has 4 rings (SSSR count). The van der Waals surface area contributed by atoms with Crippen molar-refractivity contribution in [2.45, 2.75) is 6.92 Å². The van der Waals surface area contributed by atoms with Gasteiger partial charge in [-0.2, -0.15) is 10.1 Å². The number of halogens is 1. The largest absolute Gasteiger partial charge is 0.478 e. The maximum absolute atomic E-state index is 12.9. The van der Waals surface area contributed by atoms with Crippen LogP contribution in [0.3, 0.4) is 0 Å². The molecular weight excluding hydrogens is 392 g/mol. The normalized spacial score (nSPS) is 15.1. The topological polar surface area (TPSA) is 83.1 Å². The molecule has 7 heteroatoms. The molecule has 0 bridgehead atoms.